The molecule has 1 aliphatic heterocycles. The van der Waals surface area contributed by atoms with E-state index in [2.05, 4.69) is 16.8 Å². The minimum Gasteiger partial charge on any atom is -0.348 e. The van der Waals surface area contributed by atoms with Gasteiger partial charge in [0.05, 0.1) is 10.4 Å². The number of carbonyl (C=O) groups excluding carboxylic acids is 1. The van der Waals surface area contributed by atoms with Crippen LogP contribution < -0.4 is 4.90 Å². The summed E-state index contributed by atoms with van der Waals surface area (Å²) in [4.78, 5) is 32.6. The molecule has 1 fully saturated rings. The number of nitrogens with zero attached hydrogens (tertiary/aromatic N) is 5. The molecule has 3 aromatic rings. The number of benzene rings is 1. The summed E-state index contributed by atoms with van der Waals surface area (Å²) in [5, 5.41) is 12.6. The molecule has 3 heterocycles. The van der Waals surface area contributed by atoms with Crippen LogP contribution in [-0.4, -0.2) is 51.1 Å². The van der Waals surface area contributed by atoms with Crippen LogP contribution in [0.2, 0.25) is 0 Å². The Morgan fingerprint density at radius 2 is 1.97 bits per heavy atom. The van der Waals surface area contributed by atoms with E-state index < -0.39 is 0 Å². The molecule has 8 nitrogen and oxygen atoms in total. The second-order valence-corrected chi connectivity index (χ2v) is 7.90. The number of anilines is 1. The first kappa shape index (κ1) is 20.8. The number of hydrogen-bond donors (Lipinski definition) is 0. The van der Waals surface area contributed by atoms with Gasteiger partial charge in [-0.2, -0.15) is 0 Å². The van der Waals surface area contributed by atoms with Crippen molar-refractivity contribution in [1.82, 2.24) is 14.5 Å². The highest BCUT2D eigenvalue weighted by Crippen LogP contribution is 2.30. The van der Waals surface area contributed by atoms with Crippen molar-refractivity contribution < 1.29 is 9.72 Å². The average molecular weight is 422 g/mol. The number of pyridine rings is 1. The second kappa shape index (κ2) is 9.16. The molecule has 8 heteroatoms. The van der Waals surface area contributed by atoms with Gasteiger partial charge in [0.1, 0.15) is 0 Å². The SMILES string of the molecule is CCCCN(c1ncccc1[N+](=O)[O-])C1CCN(C(=O)n2ccc3ccccc32)CC1. The van der Waals surface area contributed by atoms with Gasteiger partial charge in [0.15, 0.2) is 0 Å². The Morgan fingerprint density at radius 1 is 1.19 bits per heavy atom. The molecular formula is C23H27N5O3. The molecule has 1 aliphatic rings. The highest BCUT2D eigenvalue weighted by atomic mass is 16.6. The Hall–Kier alpha value is -3.42. The van der Waals surface area contributed by atoms with Gasteiger partial charge in [0.25, 0.3) is 0 Å². The zero-order valence-electron chi connectivity index (χ0n) is 17.7. The van der Waals surface area contributed by atoms with Gasteiger partial charge in [-0.3, -0.25) is 14.7 Å². The van der Waals surface area contributed by atoms with Crippen LogP contribution in [0.5, 0.6) is 0 Å². The predicted molar refractivity (Wildman–Crippen MR) is 120 cm³/mol. The number of aromatic nitrogens is 2. The predicted octanol–water partition coefficient (Wildman–Crippen LogP) is 4.68. The summed E-state index contributed by atoms with van der Waals surface area (Å²) in [6.45, 7) is 4.04. The summed E-state index contributed by atoms with van der Waals surface area (Å²) < 4.78 is 1.70. The van der Waals surface area contributed by atoms with Gasteiger partial charge < -0.3 is 9.80 Å². The summed E-state index contributed by atoms with van der Waals surface area (Å²) in [5.74, 6) is 0.433. The maximum absolute atomic E-state index is 13.1. The van der Waals surface area contributed by atoms with E-state index in [-0.39, 0.29) is 22.7 Å². The number of rotatable bonds is 6. The maximum Gasteiger partial charge on any atom is 0.328 e. The number of fused-ring (bicyclic) bond motifs is 1. The number of para-hydroxylation sites is 1. The lowest BCUT2D eigenvalue weighted by molar-refractivity contribution is -0.384. The van der Waals surface area contributed by atoms with Gasteiger partial charge in [0, 0.05) is 49.5 Å². The number of amides is 1. The molecule has 0 bridgehead atoms. The number of likely N-dealkylation sites (tertiary alicyclic amines) is 1. The quantitative estimate of drug-likeness (QED) is 0.426. The van der Waals surface area contributed by atoms with E-state index in [0.717, 1.165) is 43.1 Å². The molecule has 0 spiro atoms. The third-order valence-electron chi connectivity index (χ3n) is 5.97. The van der Waals surface area contributed by atoms with Crippen LogP contribution in [0.1, 0.15) is 32.6 Å². The van der Waals surface area contributed by atoms with Crippen LogP contribution in [0.25, 0.3) is 10.9 Å². The second-order valence-electron chi connectivity index (χ2n) is 7.90. The van der Waals surface area contributed by atoms with E-state index in [0.29, 0.717) is 18.9 Å². The van der Waals surface area contributed by atoms with Gasteiger partial charge in [-0.05, 0) is 37.5 Å². The normalized spacial score (nSPS) is 14.7. The van der Waals surface area contributed by atoms with E-state index in [1.807, 2.05) is 41.4 Å². The summed E-state index contributed by atoms with van der Waals surface area (Å²) in [7, 11) is 0. The van der Waals surface area contributed by atoms with E-state index in [9.17, 15) is 14.9 Å². The van der Waals surface area contributed by atoms with Crippen LogP contribution in [0.4, 0.5) is 16.3 Å². The Kier molecular flexibility index (Phi) is 6.16. The minimum absolute atomic E-state index is 0.0245. The molecule has 1 amide bonds. The van der Waals surface area contributed by atoms with E-state index >= 15 is 0 Å². The highest BCUT2D eigenvalue weighted by Gasteiger charge is 2.31. The number of carbonyl (C=O) groups is 1. The Labute approximate surface area is 181 Å². The van der Waals surface area contributed by atoms with E-state index in [1.165, 1.54) is 6.07 Å². The van der Waals surface area contributed by atoms with E-state index in [1.54, 1.807) is 16.8 Å². The van der Waals surface area contributed by atoms with Crippen molar-refractivity contribution in [2.75, 3.05) is 24.5 Å². The summed E-state index contributed by atoms with van der Waals surface area (Å²) in [6, 6.07) is 13.0. The molecule has 0 saturated carbocycles. The van der Waals surface area contributed by atoms with Gasteiger partial charge >= 0.3 is 11.7 Å². The fraction of sp³-hybridized carbons (Fsp3) is 0.391. The maximum atomic E-state index is 13.1. The van der Waals surface area contributed by atoms with Crippen LogP contribution >= 0.6 is 0 Å². The molecule has 0 atom stereocenters. The summed E-state index contributed by atoms with van der Waals surface area (Å²) in [5.41, 5.74) is 0.944. The molecule has 1 aromatic carbocycles. The summed E-state index contributed by atoms with van der Waals surface area (Å²) in [6.07, 6.45) is 6.86. The van der Waals surface area contributed by atoms with Crippen LogP contribution in [0.3, 0.4) is 0 Å². The molecule has 0 radical (unpaired) electrons. The lowest BCUT2D eigenvalue weighted by atomic mass is 10.0. The molecule has 0 unspecified atom stereocenters. The van der Waals surface area contributed by atoms with Gasteiger partial charge in [0.2, 0.25) is 5.82 Å². The molecule has 0 N–H and O–H groups in total. The highest BCUT2D eigenvalue weighted by molar-refractivity contribution is 5.91. The Balaban J connectivity index is 1.50. The Bertz CT molecular complexity index is 1070. The molecular weight excluding hydrogens is 394 g/mol. The fourth-order valence-electron chi connectivity index (χ4n) is 4.31. The van der Waals surface area contributed by atoms with Crippen molar-refractivity contribution in [3.8, 4) is 0 Å². The van der Waals surface area contributed by atoms with Gasteiger partial charge in [-0.15, -0.1) is 0 Å². The van der Waals surface area contributed by atoms with Gasteiger partial charge in [-0.1, -0.05) is 31.5 Å². The third kappa shape index (κ3) is 4.23. The van der Waals surface area contributed by atoms with Gasteiger partial charge in [-0.25, -0.2) is 9.78 Å². The fourth-order valence-corrected chi connectivity index (χ4v) is 4.31. The van der Waals surface area contributed by atoms with Crippen LogP contribution in [-0.2, 0) is 0 Å². The number of piperidine rings is 1. The molecule has 31 heavy (non-hydrogen) atoms. The minimum atomic E-state index is -0.364. The molecule has 1 saturated heterocycles. The topological polar surface area (TPSA) is 84.5 Å². The Morgan fingerprint density at radius 3 is 2.71 bits per heavy atom. The molecule has 0 aliphatic carbocycles. The average Bonchev–Trinajstić information content (AvgIpc) is 3.24. The monoisotopic (exact) mass is 421 g/mol. The molecule has 162 valence electrons. The first-order valence-electron chi connectivity index (χ1n) is 10.8. The zero-order valence-corrected chi connectivity index (χ0v) is 17.7. The van der Waals surface area contributed by atoms with Crippen molar-refractivity contribution in [2.45, 2.75) is 38.6 Å². The largest absolute Gasteiger partial charge is 0.348 e. The molecule has 2 aromatic heterocycles. The van der Waals surface area contributed by atoms with Crippen molar-refractivity contribution in [1.29, 1.82) is 0 Å². The molecule has 4 rings (SSSR count). The number of unbranched alkanes of at least 4 members (excludes halogenated alkanes) is 1. The van der Waals surface area contributed by atoms with Crippen LogP contribution in [0.15, 0.2) is 54.9 Å². The number of hydrogen-bond acceptors (Lipinski definition) is 5. The smallest absolute Gasteiger partial charge is 0.328 e. The first-order valence-corrected chi connectivity index (χ1v) is 10.8. The van der Waals surface area contributed by atoms with Crippen molar-refractivity contribution in [3.05, 3.63) is 65.0 Å². The van der Waals surface area contributed by atoms with Crippen molar-refractivity contribution in [3.63, 3.8) is 0 Å². The summed E-state index contributed by atoms with van der Waals surface area (Å²) >= 11 is 0. The lowest BCUT2D eigenvalue weighted by Gasteiger charge is -2.39. The lowest BCUT2D eigenvalue weighted by Crippen LogP contribution is -2.48. The van der Waals surface area contributed by atoms with Crippen molar-refractivity contribution in [2.24, 2.45) is 0 Å². The van der Waals surface area contributed by atoms with E-state index in [4.69, 9.17) is 0 Å². The standard InChI is InChI=1S/C23H27N5O3/c1-2-3-14-26(22-21(28(30)31)9-6-13-24-22)19-11-15-25(16-12-19)23(29)27-17-10-18-7-4-5-8-20(18)27/h4-10,13,17,19H,2-3,11-12,14-16H2,1H3. The van der Waals surface area contributed by atoms with Crippen molar-refractivity contribution >= 4 is 28.4 Å². The zero-order chi connectivity index (χ0) is 21.8. The third-order valence-corrected chi connectivity index (χ3v) is 5.97. The van der Waals surface area contributed by atoms with Crippen LogP contribution in [0, 0.1) is 10.1 Å². The number of nitro groups is 1. The first-order chi connectivity index (χ1) is 15.1.